The second kappa shape index (κ2) is 8.73. The van der Waals surface area contributed by atoms with Gasteiger partial charge in [0.25, 0.3) is 6.43 Å². The molecule has 1 fully saturated rings. The number of rotatable bonds is 6. The van der Waals surface area contributed by atoms with Crippen LogP contribution >= 0.6 is 0 Å². The predicted octanol–water partition coefficient (Wildman–Crippen LogP) is 4.47. The number of anilines is 1. The summed E-state index contributed by atoms with van der Waals surface area (Å²) >= 11 is 0. The molecule has 1 saturated heterocycles. The molecule has 2 aliphatic heterocycles. The fourth-order valence-electron chi connectivity index (χ4n) is 5.33. The second-order valence-electron chi connectivity index (χ2n) is 11.5. The molecule has 2 aliphatic rings. The van der Waals surface area contributed by atoms with Crippen molar-refractivity contribution in [3.63, 3.8) is 0 Å². The van der Waals surface area contributed by atoms with E-state index in [0.717, 1.165) is 50.5 Å². The number of aromatic nitrogens is 2. The molecule has 0 aromatic carbocycles. The van der Waals surface area contributed by atoms with Gasteiger partial charge in [-0.2, -0.15) is 5.10 Å². The number of nitrogens with zero attached hydrogens (tertiary/aromatic N) is 4. The minimum atomic E-state index is -2.40. The summed E-state index contributed by atoms with van der Waals surface area (Å²) in [5.41, 5.74) is 0.914. The third kappa shape index (κ3) is 5.52. The maximum absolute atomic E-state index is 14.0. The number of piperidine rings is 1. The smallest absolute Gasteiger partial charge is 0.260 e. The van der Waals surface area contributed by atoms with Crippen LogP contribution in [-0.2, 0) is 5.41 Å². The van der Waals surface area contributed by atoms with E-state index in [1.54, 1.807) is 4.68 Å². The maximum atomic E-state index is 14.0. The molecule has 3 rings (SSSR count). The number of hydrogen-bond donors (Lipinski definition) is 1. The summed E-state index contributed by atoms with van der Waals surface area (Å²) in [6.07, 6.45) is 0.264. The van der Waals surface area contributed by atoms with E-state index in [1.165, 1.54) is 0 Å². The van der Waals surface area contributed by atoms with Gasteiger partial charge in [0, 0.05) is 37.2 Å². The Morgan fingerprint density at radius 2 is 1.93 bits per heavy atom. The van der Waals surface area contributed by atoms with Crippen LogP contribution in [0.5, 0.6) is 0 Å². The van der Waals surface area contributed by atoms with Gasteiger partial charge in [0.05, 0.1) is 5.69 Å². The Morgan fingerprint density at radius 3 is 2.53 bits per heavy atom. The lowest BCUT2D eigenvalue weighted by Gasteiger charge is -2.43. The summed E-state index contributed by atoms with van der Waals surface area (Å²) in [4.78, 5) is 4.79. The van der Waals surface area contributed by atoms with Crippen molar-refractivity contribution in [3.8, 4) is 0 Å². The standard InChI is InChI=1S/C23H41F2N5/c1-22(2,3)19-12-20-26-17(11-18(21(24)25)30(20)27-19)16-9-8-10-29(13-16)15-23(4,5)14-28(6)7/h12,16-18,21,26H,8-11,13-15H2,1-7H3/t16?,17-,18+/m1/s1. The molecular formula is C23H41F2N5. The molecule has 3 heterocycles. The van der Waals surface area contributed by atoms with Crippen molar-refractivity contribution in [3.05, 3.63) is 11.8 Å². The average molecular weight is 426 g/mol. The largest absolute Gasteiger partial charge is 0.367 e. The van der Waals surface area contributed by atoms with E-state index in [1.807, 2.05) is 6.07 Å². The van der Waals surface area contributed by atoms with Crippen molar-refractivity contribution in [1.82, 2.24) is 19.6 Å². The van der Waals surface area contributed by atoms with Gasteiger partial charge in [-0.25, -0.2) is 13.5 Å². The summed E-state index contributed by atoms with van der Waals surface area (Å²) in [6.45, 7) is 15.0. The molecule has 30 heavy (non-hydrogen) atoms. The molecule has 1 N–H and O–H groups in total. The van der Waals surface area contributed by atoms with Gasteiger partial charge in [-0.1, -0.05) is 34.6 Å². The highest BCUT2D eigenvalue weighted by molar-refractivity contribution is 5.43. The molecule has 7 heteroatoms. The summed E-state index contributed by atoms with van der Waals surface area (Å²) in [6, 6.07) is 1.20. The van der Waals surface area contributed by atoms with E-state index >= 15 is 0 Å². The molecule has 0 radical (unpaired) electrons. The molecule has 0 aliphatic carbocycles. The van der Waals surface area contributed by atoms with Gasteiger partial charge in [-0.05, 0) is 51.2 Å². The molecule has 1 aromatic heterocycles. The van der Waals surface area contributed by atoms with Gasteiger partial charge in [-0.3, -0.25) is 0 Å². The highest BCUT2D eigenvalue weighted by Crippen LogP contribution is 2.38. The Morgan fingerprint density at radius 1 is 1.23 bits per heavy atom. The van der Waals surface area contributed by atoms with Crippen molar-refractivity contribution in [2.45, 2.75) is 77.8 Å². The van der Waals surface area contributed by atoms with Crippen molar-refractivity contribution in [2.75, 3.05) is 45.6 Å². The third-order valence-corrected chi connectivity index (χ3v) is 6.44. The average Bonchev–Trinajstić information content (AvgIpc) is 3.03. The van der Waals surface area contributed by atoms with Crippen molar-refractivity contribution in [1.29, 1.82) is 0 Å². The lowest BCUT2D eigenvalue weighted by molar-refractivity contribution is 0.0508. The first-order valence-electron chi connectivity index (χ1n) is 11.4. The van der Waals surface area contributed by atoms with Gasteiger partial charge in [-0.15, -0.1) is 0 Å². The normalized spacial score (nSPS) is 26.2. The number of halogens is 2. The quantitative estimate of drug-likeness (QED) is 0.730. The second-order valence-corrected chi connectivity index (χ2v) is 11.5. The molecule has 0 bridgehead atoms. The van der Waals surface area contributed by atoms with E-state index in [0.29, 0.717) is 12.3 Å². The van der Waals surface area contributed by atoms with Crippen molar-refractivity contribution < 1.29 is 8.78 Å². The van der Waals surface area contributed by atoms with Crippen LogP contribution in [0.25, 0.3) is 0 Å². The molecule has 1 aromatic rings. The van der Waals surface area contributed by atoms with E-state index < -0.39 is 12.5 Å². The van der Waals surface area contributed by atoms with Gasteiger partial charge < -0.3 is 15.1 Å². The van der Waals surface area contributed by atoms with Crippen LogP contribution in [0.1, 0.15) is 65.6 Å². The van der Waals surface area contributed by atoms with Crippen LogP contribution < -0.4 is 5.32 Å². The van der Waals surface area contributed by atoms with Gasteiger partial charge in [0.15, 0.2) is 0 Å². The monoisotopic (exact) mass is 425 g/mol. The van der Waals surface area contributed by atoms with E-state index in [-0.39, 0.29) is 16.9 Å². The molecule has 1 unspecified atom stereocenters. The Hall–Kier alpha value is -1.21. The van der Waals surface area contributed by atoms with Gasteiger partial charge in [0.1, 0.15) is 11.9 Å². The molecule has 5 nitrogen and oxygen atoms in total. The number of alkyl halides is 2. The lowest BCUT2D eigenvalue weighted by atomic mass is 9.84. The highest BCUT2D eigenvalue weighted by Gasteiger charge is 2.39. The zero-order valence-corrected chi connectivity index (χ0v) is 19.9. The van der Waals surface area contributed by atoms with Crippen LogP contribution in [-0.4, -0.2) is 72.3 Å². The third-order valence-electron chi connectivity index (χ3n) is 6.44. The summed E-state index contributed by atoms with van der Waals surface area (Å²) in [7, 11) is 4.23. The summed E-state index contributed by atoms with van der Waals surface area (Å²) < 4.78 is 29.5. The number of fused-ring (bicyclic) bond motifs is 1. The molecular weight excluding hydrogens is 384 g/mol. The Kier molecular flexibility index (Phi) is 6.83. The lowest BCUT2D eigenvalue weighted by Crippen LogP contribution is -2.49. The maximum Gasteiger partial charge on any atom is 0.260 e. The predicted molar refractivity (Wildman–Crippen MR) is 119 cm³/mol. The van der Waals surface area contributed by atoms with Crippen LogP contribution in [0.3, 0.4) is 0 Å². The van der Waals surface area contributed by atoms with Gasteiger partial charge >= 0.3 is 0 Å². The van der Waals surface area contributed by atoms with Crippen LogP contribution in [0, 0.1) is 11.3 Å². The zero-order chi connectivity index (χ0) is 22.3. The van der Waals surface area contributed by atoms with E-state index in [9.17, 15) is 8.78 Å². The molecule has 3 atom stereocenters. The summed E-state index contributed by atoms with van der Waals surface area (Å²) in [5.74, 6) is 1.14. The van der Waals surface area contributed by atoms with E-state index in [2.05, 4.69) is 68.9 Å². The number of nitrogens with one attached hydrogen (secondary N) is 1. The molecule has 0 spiro atoms. The first-order chi connectivity index (χ1) is 13.9. The fourth-order valence-corrected chi connectivity index (χ4v) is 5.33. The molecule has 0 saturated carbocycles. The first kappa shape index (κ1) is 23.5. The number of likely N-dealkylation sites (tertiary alicyclic amines) is 1. The van der Waals surface area contributed by atoms with Crippen LogP contribution in [0.15, 0.2) is 6.07 Å². The van der Waals surface area contributed by atoms with Crippen LogP contribution in [0.4, 0.5) is 14.6 Å². The minimum absolute atomic E-state index is 0.0702. The molecule has 0 amide bonds. The van der Waals surface area contributed by atoms with E-state index in [4.69, 9.17) is 0 Å². The topological polar surface area (TPSA) is 36.3 Å². The Labute approximate surface area is 181 Å². The van der Waals surface area contributed by atoms with Crippen LogP contribution in [0.2, 0.25) is 0 Å². The van der Waals surface area contributed by atoms with Crippen molar-refractivity contribution in [2.24, 2.45) is 11.3 Å². The molecule has 172 valence electrons. The first-order valence-corrected chi connectivity index (χ1v) is 11.4. The SMILES string of the molecule is CN(C)CC(C)(C)CN1CCCC([C@H]2C[C@@H](C(F)F)n3nc(C(C)(C)C)cc3N2)C1. The minimum Gasteiger partial charge on any atom is -0.367 e. The summed E-state index contributed by atoms with van der Waals surface area (Å²) in [5, 5.41) is 8.15. The van der Waals surface area contributed by atoms with Crippen molar-refractivity contribution >= 4 is 5.82 Å². The van der Waals surface area contributed by atoms with Gasteiger partial charge in [0.2, 0.25) is 0 Å². The zero-order valence-electron chi connectivity index (χ0n) is 19.9. The fraction of sp³-hybridized carbons (Fsp3) is 0.870. The highest BCUT2D eigenvalue weighted by atomic mass is 19.3. The number of hydrogen-bond acceptors (Lipinski definition) is 4. The Bertz CT molecular complexity index is 707. The Balaban J connectivity index is 1.73.